The molecule has 0 radical (unpaired) electrons. The van der Waals surface area contributed by atoms with Crippen LogP contribution in [0.5, 0.6) is 0 Å². The van der Waals surface area contributed by atoms with Crippen LogP contribution in [0.2, 0.25) is 0 Å². The molecular formula is C15H31NO. The van der Waals surface area contributed by atoms with Crippen molar-refractivity contribution in [3.63, 3.8) is 0 Å². The molecule has 1 atom stereocenters. The Morgan fingerprint density at radius 2 is 1.88 bits per heavy atom. The van der Waals surface area contributed by atoms with Gasteiger partial charge in [-0.15, -0.1) is 6.58 Å². The summed E-state index contributed by atoms with van der Waals surface area (Å²) in [6.45, 7) is 14.3. The highest BCUT2D eigenvalue weighted by atomic mass is 16.5. The molecule has 0 aromatic heterocycles. The summed E-state index contributed by atoms with van der Waals surface area (Å²) in [6, 6.07) is 0.461. The molecule has 102 valence electrons. The number of likely N-dealkylation sites (N-methyl/N-ethyl adjacent to an activating group) is 1. The van der Waals surface area contributed by atoms with Gasteiger partial charge in [0.15, 0.2) is 0 Å². The third-order valence-corrected chi connectivity index (χ3v) is 3.62. The van der Waals surface area contributed by atoms with Gasteiger partial charge in [0.25, 0.3) is 0 Å². The molecule has 0 aliphatic heterocycles. The Morgan fingerprint density at radius 1 is 1.24 bits per heavy atom. The van der Waals surface area contributed by atoms with Crippen molar-refractivity contribution >= 4 is 0 Å². The van der Waals surface area contributed by atoms with E-state index in [1.54, 1.807) is 0 Å². The van der Waals surface area contributed by atoms with Gasteiger partial charge in [-0.3, -0.25) is 0 Å². The van der Waals surface area contributed by atoms with Crippen molar-refractivity contribution in [2.24, 2.45) is 0 Å². The molecule has 0 fully saturated rings. The van der Waals surface area contributed by atoms with Crippen molar-refractivity contribution in [1.29, 1.82) is 0 Å². The zero-order valence-corrected chi connectivity index (χ0v) is 12.2. The van der Waals surface area contributed by atoms with Crippen LogP contribution in [0.3, 0.4) is 0 Å². The van der Waals surface area contributed by atoms with Crippen molar-refractivity contribution < 1.29 is 4.74 Å². The number of allylic oxidation sites excluding steroid dienone is 1. The predicted molar refractivity (Wildman–Crippen MR) is 76.5 cm³/mol. The molecule has 0 bridgehead atoms. The third kappa shape index (κ3) is 5.22. The van der Waals surface area contributed by atoms with Gasteiger partial charge in [-0.25, -0.2) is 0 Å². The molecule has 0 amide bonds. The smallest absolute Gasteiger partial charge is 0.0829 e. The molecule has 0 aliphatic carbocycles. The van der Waals surface area contributed by atoms with Crippen LogP contribution >= 0.6 is 0 Å². The Labute approximate surface area is 108 Å². The van der Waals surface area contributed by atoms with E-state index in [-0.39, 0.29) is 5.60 Å². The maximum Gasteiger partial charge on any atom is 0.0829 e. The molecule has 0 aromatic rings. The lowest BCUT2D eigenvalue weighted by Gasteiger charge is -2.40. The predicted octanol–water partition coefficient (Wildman–Crippen LogP) is 3.92. The van der Waals surface area contributed by atoms with Crippen molar-refractivity contribution in [2.75, 3.05) is 13.2 Å². The van der Waals surface area contributed by atoms with E-state index in [1.807, 2.05) is 6.08 Å². The molecule has 0 rings (SSSR count). The van der Waals surface area contributed by atoms with Crippen LogP contribution in [0, 0.1) is 0 Å². The van der Waals surface area contributed by atoms with Crippen LogP contribution in [-0.4, -0.2) is 24.8 Å². The summed E-state index contributed by atoms with van der Waals surface area (Å²) in [5, 5.41) is 3.61. The van der Waals surface area contributed by atoms with Crippen molar-refractivity contribution in [3.8, 4) is 0 Å². The lowest BCUT2D eigenvalue weighted by atomic mass is 9.85. The second-order valence-corrected chi connectivity index (χ2v) is 4.53. The lowest BCUT2D eigenvalue weighted by Crippen LogP contribution is -2.52. The van der Waals surface area contributed by atoms with Gasteiger partial charge in [0.05, 0.1) is 5.60 Å². The Kier molecular flexibility index (Phi) is 9.47. The molecular weight excluding hydrogens is 210 g/mol. The zero-order valence-electron chi connectivity index (χ0n) is 12.2. The summed E-state index contributed by atoms with van der Waals surface area (Å²) >= 11 is 0. The van der Waals surface area contributed by atoms with Gasteiger partial charge in [-0.2, -0.15) is 0 Å². The highest BCUT2D eigenvalue weighted by molar-refractivity contribution is 4.91. The van der Waals surface area contributed by atoms with E-state index in [0.717, 1.165) is 32.4 Å². The number of nitrogens with one attached hydrogen (secondary N) is 1. The average Bonchev–Trinajstić information content (AvgIpc) is 2.35. The Bertz CT molecular complexity index is 187. The first kappa shape index (κ1) is 16.7. The summed E-state index contributed by atoms with van der Waals surface area (Å²) < 4.78 is 6.08. The van der Waals surface area contributed by atoms with E-state index in [0.29, 0.717) is 6.04 Å². The largest absolute Gasteiger partial charge is 0.374 e. The van der Waals surface area contributed by atoms with Crippen LogP contribution in [-0.2, 0) is 4.74 Å². The van der Waals surface area contributed by atoms with Gasteiger partial charge < -0.3 is 10.1 Å². The van der Waals surface area contributed by atoms with Gasteiger partial charge in [0.2, 0.25) is 0 Å². The maximum atomic E-state index is 6.08. The molecule has 0 saturated carbocycles. The molecule has 1 N–H and O–H groups in total. The topological polar surface area (TPSA) is 21.3 Å². The first-order valence-electron chi connectivity index (χ1n) is 7.18. The average molecular weight is 241 g/mol. The van der Waals surface area contributed by atoms with E-state index in [9.17, 15) is 0 Å². The minimum Gasteiger partial charge on any atom is -0.374 e. The van der Waals surface area contributed by atoms with E-state index in [4.69, 9.17) is 4.74 Å². The monoisotopic (exact) mass is 241 g/mol. The number of unbranched alkanes of at least 4 members (excludes halogenated alkanes) is 1. The molecule has 2 heteroatoms. The third-order valence-electron chi connectivity index (χ3n) is 3.62. The number of rotatable bonds is 11. The second kappa shape index (κ2) is 9.67. The fourth-order valence-electron chi connectivity index (χ4n) is 2.60. The standard InChI is InChI=1S/C15H31NO/c1-6-11-12-13-14(16-9-4)15(7-2,8-3)17-10-5/h6,14,16H,1,7-13H2,2-5H3. The summed E-state index contributed by atoms with van der Waals surface area (Å²) in [5.74, 6) is 0. The van der Waals surface area contributed by atoms with E-state index in [1.165, 1.54) is 12.8 Å². The summed E-state index contributed by atoms with van der Waals surface area (Å²) in [7, 11) is 0. The molecule has 17 heavy (non-hydrogen) atoms. The Hall–Kier alpha value is -0.340. The van der Waals surface area contributed by atoms with Crippen LogP contribution < -0.4 is 5.32 Å². The number of ether oxygens (including phenoxy) is 1. The molecule has 1 unspecified atom stereocenters. The Morgan fingerprint density at radius 3 is 2.29 bits per heavy atom. The second-order valence-electron chi connectivity index (χ2n) is 4.53. The maximum absolute atomic E-state index is 6.08. The first-order chi connectivity index (χ1) is 8.20. The minimum atomic E-state index is 0.00588. The number of hydrogen-bond acceptors (Lipinski definition) is 2. The van der Waals surface area contributed by atoms with Crippen LogP contribution in [0.15, 0.2) is 12.7 Å². The minimum absolute atomic E-state index is 0.00588. The van der Waals surface area contributed by atoms with E-state index in [2.05, 4.69) is 39.6 Å². The van der Waals surface area contributed by atoms with Gasteiger partial charge in [-0.1, -0.05) is 26.8 Å². The Balaban J connectivity index is 4.61. The summed E-state index contributed by atoms with van der Waals surface area (Å²) in [5.41, 5.74) is 0.00588. The van der Waals surface area contributed by atoms with Gasteiger partial charge >= 0.3 is 0 Å². The highest BCUT2D eigenvalue weighted by Gasteiger charge is 2.35. The van der Waals surface area contributed by atoms with Crippen LogP contribution in [0.25, 0.3) is 0 Å². The molecule has 0 aromatic carbocycles. The molecule has 0 saturated heterocycles. The molecule has 0 spiro atoms. The van der Waals surface area contributed by atoms with Gasteiger partial charge in [-0.05, 0) is 45.6 Å². The normalized spacial score (nSPS) is 13.6. The summed E-state index contributed by atoms with van der Waals surface area (Å²) in [4.78, 5) is 0. The highest BCUT2D eigenvalue weighted by Crippen LogP contribution is 2.28. The van der Waals surface area contributed by atoms with Crippen LogP contribution in [0.1, 0.15) is 59.8 Å². The number of hydrogen-bond donors (Lipinski definition) is 1. The fraction of sp³-hybridized carbons (Fsp3) is 0.867. The SMILES string of the molecule is C=CCCCC(NCC)C(CC)(CC)OCC. The quantitative estimate of drug-likeness (QED) is 0.437. The van der Waals surface area contributed by atoms with Crippen molar-refractivity contribution in [1.82, 2.24) is 5.32 Å². The molecule has 2 nitrogen and oxygen atoms in total. The molecule has 0 heterocycles. The van der Waals surface area contributed by atoms with E-state index < -0.39 is 0 Å². The first-order valence-corrected chi connectivity index (χ1v) is 7.18. The zero-order chi connectivity index (χ0) is 13.1. The van der Waals surface area contributed by atoms with Crippen molar-refractivity contribution in [2.45, 2.75) is 71.4 Å². The van der Waals surface area contributed by atoms with E-state index >= 15 is 0 Å². The van der Waals surface area contributed by atoms with Crippen LogP contribution in [0.4, 0.5) is 0 Å². The summed E-state index contributed by atoms with van der Waals surface area (Å²) in [6.07, 6.45) is 7.60. The molecule has 0 aliphatic rings. The van der Waals surface area contributed by atoms with Gasteiger partial charge in [0.1, 0.15) is 0 Å². The fourth-order valence-corrected chi connectivity index (χ4v) is 2.60. The lowest BCUT2D eigenvalue weighted by molar-refractivity contribution is -0.0737. The van der Waals surface area contributed by atoms with Gasteiger partial charge in [0, 0.05) is 12.6 Å². The van der Waals surface area contributed by atoms with Crippen molar-refractivity contribution in [3.05, 3.63) is 12.7 Å².